The molecule has 1 atom stereocenters. The first-order chi connectivity index (χ1) is 9.13. The van der Waals surface area contributed by atoms with Crippen molar-refractivity contribution in [2.75, 3.05) is 6.54 Å². The second-order valence-corrected chi connectivity index (χ2v) is 4.54. The average molecular weight is 258 g/mol. The molecule has 5 nitrogen and oxygen atoms in total. The molecule has 0 spiro atoms. The molecule has 2 rings (SSSR count). The minimum atomic E-state index is -0.968. The van der Waals surface area contributed by atoms with E-state index in [4.69, 9.17) is 10.4 Å². The molecule has 1 amide bonds. The van der Waals surface area contributed by atoms with Crippen LogP contribution in [0.25, 0.3) is 0 Å². The lowest BCUT2D eigenvalue weighted by atomic mass is 10.0. The lowest BCUT2D eigenvalue weighted by Crippen LogP contribution is -2.47. The van der Waals surface area contributed by atoms with Gasteiger partial charge in [-0.3, -0.25) is 4.79 Å². The Bertz CT molecular complexity index is 548. The molecule has 1 saturated heterocycles. The molecule has 1 aromatic carbocycles. The first-order valence-corrected chi connectivity index (χ1v) is 6.17. The van der Waals surface area contributed by atoms with Gasteiger partial charge >= 0.3 is 5.97 Å². The molecule has 1 fully saturated rings. The summed E-state index contributed by atoms with van der Waals surface area (Å²) < 4.78 is 0. The van der Waals surface area contributed by atoms with E-state index in [-0.39, 0.29) is 5.91 Å². The molecule has 0 bridgehead atoms. The number of nitrogens with zero attached hydrogens (tertiary/aromatic N) is 2. The smallest absolute Gasteiger partial charge is 0.326 e. The number of carbonyl (C=O) groups is 2. The van der Waals surface area contributed by atoms with E-state index >= 15 is 0 Å². The van der Waals surface area contributed by atoms with E-state index in [1.807, 2.05) is 6.07 Å². The van der Waals surface area contributed by atoms with Gasteiger partial charge in [-0.05, 0) is 37.5 Å². The van der Waals surface area contributed by atoms with Crippen molar-refractivity contribution in [1.82, 2.24) is 4.90 Å². The Morgan fingerprint density at radius 3 is 2.84 bits per heavy atom. The summed E-state index contributed by atoms with van der Waals surface area (Å²) in [5, 5.41) is 18.0. The van der Waals surface area contributed by atoms with Gasteiger partial charge < -0.3 is 10.0 Å². The summed E-state index contributed by atoms with van der Waals surface area (Å²) in [6, 6.07) is 7.56. The number of nitriles is 1. The summed E-state index contributed by atoms with van der Waals surface area (Å²) in [5.41, 5.74) is 0.766. The Balaban J connectivity index is 2.26. The number of hydrogen-bond donors (Lipinski definition) is 1. The van der Waals surface area contributed by atoms with Crippen LogP contribution in [-0.2, 0) is 4.79 Å². The van der Waals surface area contributed by atoms with Gasteiger partial charge in [0.05, 0.1) is 11.6 Å². The minimum Gasteiger partial charge on any atom is -0.480 e. The van der Waals surface area contributed by atoms with Gasteiger partial charge in [0.2, 0.25) is 0 Å². The zero-order valence-corrected chi connectivity index (χ0v) is 10.4. The zero-order chi connectivity index (χ0) is 13.8. The molecular formula is C14H14N2O3. The molecular weight excluding hydrogens is 244 g/mol. The Kier molecular flexibility index (Phi) is 3.81. The highest BCUT2D eigenvalue weighted by atomic mass is 16.4. The highest BCUT2D eigenvalue weighted by molar-refractivity contribution is 5.97. The van der Waals surface area contributed by atoms with E-state index in [0.29, 0.717) is 24.1 Å². The van der Waals surface area contributed by atoms with Gasteiger partial charge in [-0.2, -0.15) is 5.26 Å². The van der Waals surface area contributed by atoms with E-state index in [1.54, 1.807) is 18.2 Å². The quantitative estimate of drug-likeness (QED) is 0.874. The first kappa shape index (κ1) is 13.1. The maximum Gasteiger partial charge on any atom is 0.326 e. The lowest BCUT2D eigenvalue weighted by molar-refractivity contribution is -0.143. The first-order valence-electron chi connectivity index (χ1n) is 6.17. The van der Waals surface area contributed by atoms with Crippen LogP contribution in [0.1, 0.15) is 35.2 Å². The Morgan fingerprint density at radius 2 is 2.16 bits per heavy atom. The van der Waals surface area contributed by atoms with Crippen molar-refractivity contribution in [2.24, 2.45) is 0 Å². The summed E-state index contributed by atoms with van der Waals surface area (Å²) in [6.45, 7) is 0.451. The van der Waals surface area contributed by atoms with Crippen molar-refractivity contribution in [3.8, 4) is 6.07 Å². The van der Waals surface area contributed by atoms with E-state index < -0.39 is 12.0 Å². The Hall–Kier alpha value is -2.35. The van der Waals surface area contributed by atoms with Crippen molar-refractivity contribution in [1.29, 1.82) is 5.26 Å². The molecule has 1 aliphatic heterocycles. The predicted octanol–water partition coefficient (Wildman–Crippen LogP) is 1.64. The molecule has 98 valence electrons. The maximum absolute atomic E-state index is 12.3. The van der Waals surface area contributed by atoms with Gasteiger partial charge in [-0.15, -0.1) is 0 Å². The third-order valence-electron chi connectivity index (χ3n) is 3.29. The number of hydrogen-bond acceptors (Lipinski definition) is 3. The fourth-order valence-corrected chi connectivity index (χ4v) is 2.32. The van der Waals surface area contributed by atoms with E-state index in [1.165, 1.54) is 11.0 Å². The molecule has 1 heterocycles. The van der Waals surface area contributed by atoms with Crippen molar-refractivity contribution >= 4 is 11.9 Å². The van der Waals surface area contributed by atoms with Crippen LogP contribution in [0.4, 0.5) is 0 Å². The van der Waals surface area contributed by atoms with Crippen molar-refractivity contribution < 1.29 is 14.7 Å². The number of piperidine rings is 1. The number of carboxylic acid groups (broad SMARTS) is 1. The summed E-state index contributed by atoms with van der Waals surface area (Å²) in [7, 11) is 0. The van der Waals surface area contributed by atoms with Gasteiger partial charge in [0, 0.05) is 12.1 Å². The van der Waals surface area contributed by atoms with Crippen LogP contribution in [-0.4, -0.2) is 34.5 Å². The highest BCUT2D eigenvalue weighted by Gasteiger charge is 2.32. The largest absolute Gasteiger partial charge is 0.480 e. The summed E-state index contributed by atoms with van der Waals surface area (Å²) in [5.74, 6) is -1.28. The summed E-state index contributed by atoms with van der Waals surface area (Å²) >= 11 is 0. The van der Waals surface area contributed by atoms with E-state index in [0.717, 1.165) is 12.8 Å². The summed E-state index contributed by atoms with van der Waals surface area (Å²) in [4.78, 5) is 24.9. The van der Waals surface area contributed by atoms with Crippen molar-refractivity contribution in [3.63, 3.8) is 0 Å². The van der Waals surface area contributed by atoms with Crippen molar-refractivity contribution in [2.45, 2.75) is 25.3 Å². The van der Waals surface area contributed by atoms with Crippen LogP contribution in [0.15, 0.2) is 24.3 Å². The van der Waals surface area contributed by atoms with Crippen molar-refractivity contribution in [3.05, 3.63) is 35.4 Å². The van der Waals surface area contributed by atoms with Crippen LogP contribution in [0, 0.1) is 11.3 Å². The number of amides is 1. The fourth-order valence-electron chi connectivity index (χ4n) is 2.32. The number of carbonyl (C=O) groups excluding carboxylic acids is 1. The van der Waals surface area contributed by atoms with E-state index in [9.17, 15) is 9.59 Å². The predicted molar refractivity (Wildman–Crippen MR) is 67.5 cm³/mol. The Morgan fingerprint density at radius 1 is 1.37 bits per heavy atom. The molecule has 0 saturated carbocycles. The average Bonchev–Trinajstić information content (AvgIpc) is 2.46. The second kappa shape index (κ2) is 5.53. The SMILES string of the molecule is N#Cc1cccc(C(=O)N2CCCC[C@H]2C(=O)O)c1. The standard InChI is InChI=1S/C14H14N2O3/c15-9-10-4-3-5-11(8-10)13(17)16-7-2-1-6-12(16)14(18)19/h3-5,8,12H,1-2,6-7H2,(H,18,19)/t12-/m0/s1. The van der Waals surface area contributed by atoms with Gasteiger partial charge in [-0.25, -0.2) is 4.79 Å². The molecule has 0 unspecified atom stereocenters. The third kappa shape index (κ3) is 2.74. The van der Waals surface area contributed by atoms with Crippen LogP contribution < -0.4 is 0 Å². The molecule has 1 aliphatic rings. The molecule has 1 aromatic rings. The fraction of sp³-hybridized carbons (Fsp3) is 0.357. The third-order valence-corrected chi connectivity index (χ3v) is 3.29. The number of carboxylic acids is 1. The maximum atomic E-state index is 12.3. The normalized spacial score (nSPS) is 18.7. The van der Waals surface area contributed by atoms with Crippen LogP contribution in [0.2, 0.25) is 0 Å². The number of rotatable bonds is 2. The number of aliphatic carboxylic acids is 1. The molecule has 0 aliphatic carbocycles. The highest BCUT2D eigenvalue weighted by Crippen LogP contribution is 2.20. The van der Waals surface area contributed by atoms with E-state index in [2.05, 4.69) is 0 Å². The molecule has 0 radical (unpaired) electrons. The Labute approximate surface area is 111 Å². The molecule has 19 heavy (non-hydrogen) atoms. The molecule has 1 N–H and O–H groups in total. The lowest BCUT2D eigenvalue weighted by Gasteiger charge is -2.33. The second-order valence-electron chi connectivity index (χ2n) is 4.54. The van der Waals surface area contributed by atoms with Crippen LogP contribution in [0.3, 0.4) is 0 Å². The number of benzene rings is 1. The topological polar surface area (TPSA) is 81.4 Å². The zero-order valence-electron chi connectivity index (χ0n) is 10.4. The molecule has 0 aromatic heterocycles. The van der Waals surface area contributed by atoms with Crippen LogP contribution >= 0.6 is 0 Å². The van der Waals surface area contributed by atoms with Gasteiger partial charge in [0.1, 0.15) is 6.04 Å². The monoisotopic (exact) mass is 258 g/mol. The summed E-state index contributed by atoms with van der Waals surface area (Å²) in [6.07, 6.45) is 2.12. The molecule has 5 heteroatoms. The van der Waals surface area contributed by atoms with Gasteiger partial charge in [0.25, 0.3) is 5.91 Å². The van der Waals surface area contributed by atoms with Gasteiger partial charge in [0.15, 0.2) is 0 Å². The van der Waals surface area contributed by atoms with Crippen LogP contribution in [0.5, 0.6) is 0 Å². The minimum absolute atomic E-state index is 0.316. The number of likely N-dealkylation sites (tertiary alicyclic amines) is 1. The van der Waals surface area contributed by atoms with Gasteiger partial charge in [-0.1, -0.05) is 6.07 Å².